The van der Waals surface area contributed by atoms with Crippen molar-refractivity contribution in [1.82, 2.24) is 9.55 Å². The van der Waals surface area contributed by atoms with E-state index < -0.39 is 8.07 Å². The van der Waals surface area contributed by atoms with Gasteiger partial charge in [-0.05, 0) is 11.6 Å². The number of rotatable bonds is 2. The molecule has 2 heterocycles. The number of aryl methyl sites for hydroxylation is 1. The predicted octanol–water partition coefficient (Wildman–Crippen LogP) is 4.94. The molecule has 0 radical (unpaired) electrons. The molecule has 24 heavy (non-hydrogen) atoms. The second kappa shape index (κ2) is 5.31. The smallest absolute Gasteiger partial charge is 0.102 e. The monoisotopic (exact) mass is 330 g/mol. The third-order valence-corrected chi connectivity index (χ3v) is 6.53. The molecule has 0 saturated heterocycles. The summed E-state index contributed by atoms with van der Waals surface area (Å²) in [5.41, 5.74) is 5.06. The highest BCUT2D eigenvalue weighted by Gasteiger charge is 2.26. The first-order chi connectivity index (χ1) is 11.5. The summed E-state index contributed by atoms with van der Waals surface area (Å²) >= 11 is 0. The summed E-state index contributed by atoms with van der Waals surface area (Å²) < 4.78 is 2.26. The first-order valence-corrected chi connectivity index (χ1v) is 11.9. The maximum absolute atomic E-state index is 4.95. The quantitative estimate of drug-likeness (QED) is 0.476. The Kier molecular flexibility index (Phi) is 3.36. The van der Waals surface area contributed by atoms with Crippen LogP contribution in [0.15, 0.2) is 60.8 Å². The van der Waals surface area contributed by atoms with Crippen LogP contribution in [0.1, 0.15) is 0 Å². The number of fused-ring (bicyclic) bond motifs is 3. The number of hydrogen-bond acceptors (Lipinski definition) is 1. The molecule has 0 saturated carbocycles. The third-order valence-electron chi connectivity index (χ3n) is 4.73. The minimum atomic E-state index is -1.58. The molecule has 0 aliphatic heterocycles. The van der Waals surface area contributed by atoms with Crippen LogP contribution in [0.2, 0.25) is 19.6 Å². The van der Waals surface area contributed by atoms with E-state index in [2.05, 4.69) is 92.0 Å². The number of para-hydroxylation sites is 1. The summed E-state index contributed by atoms with van der Waals surface area (Å²) in [7, 11) is 0.558. The number of hydrogen-bond donors (Lipinski definition) is 0. The molecule has 0 aliphatic rings. The Morgan fingerprint density at radius 3 is 2.21 bits per heavy atom. The molecular weight excluding hydrogens is 308 g/mol. The summed E-state index contributed by atoms with van der Waals surface area (Å²) in [6, 6.07) is 19.4. The van der Waals surface area contributed by atoms with Crippen LogP contribution in [0.25, 0.3) is 32.9 Å². The lowest BCUT2D eigenvalue weighted by Gasteiger charge is -2.21. The van der Waals surface area contributed by atoms with E-state index in [-0.39, 0.29) is 0 Å². The Morgan fingerprint density at radius 2 is 1.50 bits per heavy atom. The molecule has 120 valence electrons. The second-order valence-corrected chi connectivity index (χ2v) is 12.4. The first-order valence-electron chi connectivity index (χ1n) is 8.40. The molecule has 0 atom stereocenters. The van der Waals surface area contributed by atoms with Crippen LogP contribution in [0, 0.1) is 0 Å². The maximum Gasteiger partial charge on any atom is 0.102 e. The zero-order valence-corrected chi connectivity index (χ0v) is 15.7. The minimum Gasteiger partial charge on any atom is -0.342 e. The molecule has 0 unspecified atom stereocenters. The van der Waals surface area contributed by atoms with Crippen molar-refractivity contribution in [3.63, 3.8) is 0 Å². The second-order valence-electron chi connectivity index (χ2n) is 7.43. The van der Waals surface area contributed by atoms with Crippen LogP contribution >= 0.6 is 0 Å². The number of pyridine rings is 1. The standard InChI is InChI=1S/C21H22N2Si/c1-23-17-13-9-8-12-16(17)20-18(23)14-22-21(24(2,3)4)19(20)15-10-6-5-7-11-15/h5-14H,1-4H3. The van der Waals surface area contributed by atoms with Crippen LogP contribution in [0.3, 0.4) is 0 Å². The lowest BCUT2D eigenvalue weighted by molar-refractivity contribution is 1.01. The van der Waals surface area contributed by atoms with Crippen molar-refractivity contribution in [2.75, 3.05) is 0 Å². The molecule has 0 N–H and O–H groups in total. The molecule has 2 aromatic heterocycles. The van der Waals surface area contributed by atoms with Gasteiger partial charge in [0.1, 0.15) is 8.07 Å². The fourth-order valence-corrected chi connectivity index (χ4v) is 5.06. The van der Waals surface area contributed by atoms with Gasteiger partial charge in [0.15, 0.2) is 0 Å². The van der Waals surface area contributed by atoms with Crippen LogP contribution in [-0.2, 0) is 7.05 Å². The topological polar surface area (TPSA) is 17.8 Å². The van der Waals surface area contributed by atoms with E-state index >= 15 is 0 Å². The summed E-state index contributed by atoms with van der Waals surface area (Å²) in [4.78, 5) is 4.95. The molecule has 0 fully saturated rings. The van der Waals surface area contributed by atoms with Gasteiger partial charge < -0.3 is 4.57 Å². The molecule has 0 bridgehead atoms. The van der Waals surface area contributed by atoms with E-state index in [1.807, 2.05) is 0 Å². The molecule has 2 aromatic carbocycles. The Hall–Kier alpha value is -2.39. The van der Waals surface area contributed by atoms with Gasteiger partial charge in [-0.3, -0.25) is 4.98 Å². The van der Waals surface area contributed by atoms with Gasteiger partial charge in [0, 0.05) is 34.2 Å². The van der Waals surface area contributed by atoms with Gasteiger partial charge in [-0.15, -0.1) is 0 Å². The zero-order valence-electron chi connectivity index (χ0n) is 14.7. The van der Waals surface area contributed by atoms with E-state index in [1.54, 1.807) is 0 Å². The Morgan fingerprint density at radius 1 is 0.833 bits per heavy atom. The Bertz CT molecular complexity index is 1040. The van der Waals surface area contributed by atoms with Crippen molar-refractivity contribution in [3.05, 3.63) is 60.8 Å². The van der Waals surface area contributed by atoms with Crippen LogP contribution < -0.4 is 5.32 Å². The average molecular weight is 331 g/mol. The van der Waals surface area contributed by atoms with Gasteiger partial charge in [0.2, 0.25) is 0 Å². The summed E-state index contributed by atoms with van der Waals surface area (Å²) in [5, 5.41) is 3.94. The van der Waals surface area contributed by atoms with Crippen molar-refractivity contribution in [3.8, 4) is 11.1 Å². The van der Waals surface area contributed by atoms with Crippen LogP contribution in [-0.4, -0.2) is 17.6 Å². The Labute approximate surface area is 143 Å². The van der Waals surface area contributed by atoms with E-state index in [0.717, 1.165) is 0 Å². The SMILES string of the molecule is Cn1c2ccccc2c2c(-c3ccccc3)c([Si](C)(C)C)ncc21. The lowest BCUT2D eigenvalue weighted by Crippen LogP contribution is -2.41. The van der Waals surface area contributed by atoms with Gasteiger partial charge in [-0.25, -0.2) is 0 Å². The summed E-state index contributed by atoms with van der Waals surface area (Å²) in [6.45, 7) is 7.12. The maximum atomic E-state index is 4.95. The van der Waals surface area contributed by atoms with Gasteiger partial charge in [0.25, 0.3) is 0 Å². The molecule has 3 heteroatoms. The first kappa shape index (κ1) is 15.2. The predicted molar refractivity (Wildman–Crippen MR) is 107 cm³/mol. The molecule has 0 aliphatic carbocycles. The van der Waals surface area contributed by atoms with Gasteiger partial charge in [0.05, 0.1) is 11.7 Å². The third kappa shape index (κ3) is 2.20. The molecule has 4 rings (SSSR count). The number of aromatic nitrogens is 2. The van der Waals surface area contributed by atoms with Crippen molar-refractivity contribution in [2.24, 2.45) is 7.05 Å². The van der Waals surface area contributed by atoms with E-state index in [0.29, 0.717) is 0 Å². The zero-order chi connectivity index (χ0) is 16.9. The molecule has 2 nitrogen and oxygen atoms in total. The highest BCUT2D eigenvalue weighted by molar-refractivity contribution is 6.89. The molecule has 0 spiro atoms. The van der Waals surface area contributed by atoms with E-state index in [1.165, 1.54) is 38.2 Å². The molecular formula is C21H22N2Si. The molecule has 4 aromatic rings. The van der Waals surface area contributed by atoms with Crippen molar-refractivity contribution < 1.29 is 0 Å². The van der Waals surface area contributed by atoms with E-state index in [9.17, 15) is 0 Å². The summed E-state index contributed by atoms with van der Waals surface area (Å²) in [5.74, 6) is 0. The van der Waals surface area contributed by atoms with Gasteiger partial charge in [-0.2, -0.15) is 0 Å². The molecule has 0 amide bonds. The van der Waals surface area contributed by atoms with E-state index in [4.69, 9.17) is 4.98 Å². The summed E-state index contributed by atoms with van der Waals surface area (Å²) in [6.07, 6.45) is 2.06. The van der Waals surface area contributed by atoms with Crippen molar-refractivity contribution in [2.45, 2.75) is 19.6 Å². The van der Waals surface area contributed by atoms with Gasteiger partial charge >= 0.3 is 0 Å². The highest BCUT2D eigenvalue weighted by Crippen LogP contribution is 2.35. The average Bonchev–Trinajstić information content (AvgIpc) is 2.88. The fraction of sp³-hybridized carbons (Fsp3) is 0.190. The number of benzene rings is 2. The van der Waals surface area contributed by atoms with Crippen molar-refractivity contribution in [1.29, 1.82) is 0 Å². The highest BCUT2D eigenvalue weighted by atomic mass is 28.3. The lowest BCUT2D eigenvalue weighted by atomic mass is 10.0. The van der Waals surface area contributed by atoms with Crippen molar-refractivity contribution >= 4 is 35.2 Å². The minimum absolute atomic E-state index is 1.21. The number of nitrogens with zero attached hydrogens (tertiary/aromatic N) is 2. The Balaban J connectivity index is 2.26. The fourth-order valence-electron chi connectivity index (χ4n) is 3.59. The van der Waals surface area contributed by atoms with Gasteiger partial charge in [-0.1, -0.05) is 68.2 Å². The normalized spacial score (nSPS) is 12.2. The van der Waals surface area contributed by atoms with Crippen LogP contribution in [0.5, 0.6) is 0 Å². The van der Waals surface area contributed by atoms with Crippen LogP contribution in [0.4, 0.5) is 0 Å². The largest absolute Gasteiger partial charge is 0.342 e.